The molecule has 0 fully saturated rings. The van der Waals surface area contributed by atoms with E-state index in [2.05, 4.69) is 10.3 Å². The van der Waals surface area contributed by atoms with Gasteiger partial charge in [0.15, 0.2) is 5.65 Å². The second kappa shape index (κ2) is 8.59. The van der Waals surface area contributed by atoms with Crippen LogP contribution in [-0.2, 0) is 11.3 Å². The first-order valence-electron chi connectivity index (χ1n) is 10.1. The number of hydrogen-bond acceptors (Lipinski definition) is 3. The lowest BCUT2D eigenvalue weighted by Gasteiger charge is -2.09. The van der Waals surface area contributed by atoms with Gasteiger partial charge in [-0.3, -0.25) is 18.7 Å². The number of nitrogens with one attached hydrogen (secondary N) is 1. The Kier molecular flexibility index (Phi) is 5.84. The van der Waals surface area contributed by atoms with E-state index in [-0.39, 0.29) is 30.2 Å². The van der Waals surface area contributed by atoms with Crippen LogP contribution in [0.3, 0.4) is 0 Å². The number of carbonyl (C=O) groups is 1. The summed E-state index contributed by atoms with van der Waals surface area (Å²) in [5.41, 5.74) is 3.93. The molecule has 1 N–H and O–H groups in total. The highest BCUT2D eigenvalue weighted by Gasteiger charge is 2.18. The fourth-order valence-electron chi connectivity index (χ4n) is 3.69. The van der Waals surface area contributed by atoms with Crippen LogP contribution < -0.4 is 10.9 Å². The summed E-state index contributed by atoms with van der Waals surface area (Å²) in [5, 5.41) is 3.82. The van der Waals surface area contributed by atoms with Gasteiger partial charge in [0.1, 0.15) is 5.82 Å². The van der Waals surface area contributed by atoms with Crippen LogP contribution in [0, 0.1) is 26.6 Å². The first-order valence-corrected chi connectivity index (χ1v) is 10.5. The zero-order valence-corrected chi connectivity index (χ0v) is 18.7. The Morgan fingerprint density at radius 2 is 1.94 bits per heavy atom. The fraction of sp³-hybridized carbons (Fsp3) is 0.208. The van der Waals surface area contributed by atoms with Gasteiger partial charge in [0.25, 0.3) is 5.56 Å². The number of benzene rings is 2. The van der Waals surface area contributed by atoms with Crippen molar-refractivity contribution < 1.29 is 9.18 Å². The molecule has 0 aliphatic heterocycles. The highest BCUT2D eigenvalue weighted by molar-refractivity contribution is 6.31. The number of rotatable bonds is 5. The van der Waals surface area contributed by atoms with Gasteiger partial charge < -0.3 is 5.32 Å². The maximum Gasteiger partial charge on any atom is 0.263 e. The van der Waals surface area contributed by atoms with E-state index >= 15 is 0 Å². The minimum Gasteiger partial charge on any atom is -0.326 e. The van der Waals surface area contributed by atoms with Crippen LogP contribution in [0.15, 0.2) is 53.6 Å². The number of fused-ring (bicyclic) bond motifs is 1. The Morgan fingerprint density at radius 3 is 2.66 bits per heavy atom. The molecule has 2 aromatic heterocycles. The number of hydrogen-bond donors (Lipinski definition) is 1. The molecule has 0 atom stereocenters. The smallest absolute Gasteiger partial charge is 0.263 e. The minimum atomic E-state index is -0.365. The first-order chi connectivity index (χ1) is 15.3. The van der Waals surface area contributed by atoms with Gasteiger partial charge in [-0.25, -0.2) is 9.37 Å². The molecule has 8 heteroatoms. The molecule has 4 rings (SSSR count). The van der Waals surface area contributed by atoms with Crippen molar-refractivity contribution in [3.63, 3.8) is 0 Å². The molecule has 2 heterocycles. The minimum absolute atomic E-state index is 0.0984. The number of amides is 1. The number of aromatic nitrogens is 3. The highest BCUT2D eigenvalue weighted by Crippen LogP contribution is 2.25. The molecule has 32 heavy (non-hydrogen) atoms. The monoisotopic (exact) mass is 452 g/mol. The molecular weight excluding hydrogens is 431 g/mol. The summed E-state index contributed by atoms with van der Waals surface area (Å²) < 4.78 is 17.0. The Hall–Kier alpha value is -3.45. The van der Waals surface area contributed by atoms with Crippen molar-refractivity contribution in [1.29, 1.82) is 0 Å². The molecule has 0 unspecified atom stereocenters. The average molecular weight is 453 g/mol. The van der Waals surface area contributed by atoms with E-state index in [4.69, 9.17) is 11.6 Å². The molecule has 1 amide bonds. The number of halogens is 2. The van der Waals surface area contributed by atoms with Gasteiger partial charge in [-0.1, -0.05) is 23.7 Å². The number of aryl methyl sites for hydroxylation is 3. The molecule has 6 nitrogen and oxygen atoms in total. The van der Waals surface area contributed by atoms with Gasteiger partial charge >= 0.3 is 0 Å². The third-order valence-electron chi connectivity index (χ3n) is 5.58. The zero-order valence-electron chi connectivity index (χ0n) is 17.9. The fourth-order valence-corrected chi connectivity index (χ4v) is 3.87. The topological polar surface area (TPSA) is 68.9 Å². The summed E-state index contributed by atoms with van der Waals surface area (Å²) >= 11 is 6.10. The summed E-state index contributed by atoms with van der Waals surface area (Å²) in [6, 6.07) is 11.5. The summed E-state index contributed by atoms with van der Waals surface area (Å²) in [6.07, 6.45) is 1.52. The van der Waals surface area contributed by atoms with Crippen molar-refractivity contribution in [2.45, 2.75) is 33.7 Å². The predicted molar refractivity (Wildman–Crippen MR) is 124 cm³/mol. The molecule has 0 saturated heterocycles. The summed E-state index contributed by atoms with van der Waals surface area (Å²) in [7, 11) is 0. The van der Waals surface area contributed by atoms with Gasteiger partial charge in [-0.2, -0.15) is 0 Å². The Balaban J connectivity index is 1.60. The van der Waals surface area contributed by atoms with Gasteiger partial charge in [0.05, 0.1) is 17.4 Å². The molecule has 164 valence electrons. The van der Waals surface area contributed by atoms with Crippen LogP contribution in [0.5, 0.6) is 0 Å². The van der Waals surface area contributed by atoms with Crippen LogP contribution in [-0.4, -0.2) is 20.0 Å². The van der Waals surface area contributed by atoms with E-state index in [1.54, 1.807) is 28.8 Å². The van der Waals surface area contributed by atoms with Gasteiger partial charge in [-0.15, -0.1) is 0 Å². The molecule has 0 radical (unpaired) electrons. The van der Waals surface area contributed by atoms with E-state index in [1.165, 1.54) is 23.0 Å². The highest BCUT2D eigenvalue weighted by atomic mass is 35.5. The average Bonchev–Trinajstić information content (AvgIpc) is 3.01. The third-order valence-corrected chi connectivity index (χ3v) is 5.99. The van der Waals surface area contributed by atoms with Crippen LogP contribution in [0.2, 0.25) is 5.02 Å². The summed E-state index contributed by atoms with van der Waals surface area (Å²) in [5.74, 6) is -0.599. The second-order valence-corrected chi connectivity index (χ2v) is 8.14. The molecule has 2 aromatic carbocycles. The van der Waals surface area contributed by atoms with E-state index in [0.29, 0.717) is 27.4 Å². The predicted octanol–water partition coefficient (Wildman–Crippen LogP) is 4.93. The number of nitrogens with zero attached hydrogens (tertiary/aromatic N) is 3. The lowest BCUT2D eigenvalue weighted by atomic mass is 10.2. The van der Waals surface area contributed by atoms with Crippen molar-refractivity contribution in [3.8, 4) is 5.69 Å². The standard InChI is InChI=1S/C24H22ClFN4O2/c1-14-7-8-18(12-20(14)25)28-21(31)9-10-29-13-27-23-22(24(29)32)15(2)16(3)30(23)19-6-4-5-17(26)11-19/h4-8,11-13H,9-10H2,1-3H3,(H,28,31). The number of anilines is 1. The summed E-state index contributed by atoms with van der Waals surface area (Å²) in [6.45, 7) is 5.77. The first kappa shape index (κ1) is 21.8. The SMILES string of the molecule is Cc1ccc(NC(=O)CCn2cnc3c(c(C)c(C)n3-c3cccc(F)c3)c2=O)cc1Cl. The molecule has 0 aliphatic rings. The Morgan fingerprint density at radius 1 is 1.16 bits per heavy atom. The van der Waals surface area contributed by atoms with Crippen molar-refractivity contribution in [2.24, 2.45) is 0 Å². The quantitative estimate of drug-likeness (QED) is 0.466. The van der Waals surface area contributed by atoms with Crippen LogP contribution in [0.4, 0.5) is 10.1 Å². The van der Waals surface area contributed by atoms with E-state index in [9.17, 15) is 14.0 Å². The van der Waals surface area contributed by atoms with Crippen LogP contribution >= 0.6 is 11.6 Å². The van der Waals surface area contributed by atoms with E-state index < -0.39 is 0 Å². The van der Waals surface area contributed by atoms with Gasteiger partial charge in [0.2, 0.25) is 5.91 Å². The lowest BCUT2D eigenvalue weighted by Crippen LogP contribution is -2.24. The zero-order chi connectivity index (χ0) is 23.0. The maximum atomic E-state index is 13.8. The van der Waals surface area contributed by atoms with Gasteiger partial charge in [0, 0.05) is 29.4 Å². The van der Waals surface area contributed by atoms with Crippen molar-refractivity contribution in [2.75, 3.05) is 5.32 Å². The molecule has 4 aromatic rings. The normalized spacial score (nSPS) is 11.2. The van der Waals surface area contributed by atoms with Crippen LogP contribution in [0.1, 0.15) is 23.2 Å². The molecule has 0 aliphatic carbocycles. The van der Waals surface area contributed by atoms with Crippen molar-refractivity contribution in [1.82, 2.24) is 14.1 Å². The molecular formula is C24H22ClFN4O2. The van der Waals surface area contributed by atoms with Crippen molar-refractivity contribution in [3.05, 3.63) is 86.8 Å². The Labute approximate surface area is 189 Å². The summed E-state index contributed by atoms with van der Waals surface area (Å²) in [4.78, 5) is 30.0. The Bertz CT molecular complexity index is 1410. The maximum absolute atomic E-state index is 13.8. The van der Waals surface area contributed by atoms with Gasteiger partial charge in [-0.05, 0) is 62.2 Å². The lowest BCUT2D eigenvalue weighted by molar-refractivity contribution is -0.116. The van der Waals surface area contributed by atoms with E-state index in [1.807, 2.05) is 26.8 Å². The van der Waals surface area contributed by atoms with Crippen LogP contribution in [0.25, 0.3) is 16.7 Å². The molecule has 0 saturated carbocycles. The molecule has 0 spiro atoms. The van der Waals surface area contributed by atoms with E-state index in [0.717, 1.165) is 16.8 Å². The molecule has 0 bridgehead atoms. The second-order valence-electron chi connectivity index (χ2n) is 7.73. The number of carbonyl (C=O) groups excluding carboxylic acids is 1. The third kappa shape index (κ3) is 4.03. The van der Waals surface area contributed by atoms with Crippen molar-refractivity contribution >= 4 is 34.2 Å². The largest absolute Gasteiger partial charge is 0.326 e.